The smallest absolute Gasteiger partial charge is 0.198 e. The molecule has 1 aliphatic rings. The van der Waals surface area contributed by atoms with E-state index in [4.69, 9.17) is 17.0 Å². The molecule has 0 atom stereocenters. The zero-order valence-corrected chi connectivity index (χ0v) is 14.3. The van der Waals surface area contributed by atoms with Crippen molar-refractivity contribution in [2.24, 2.45) is 7.05 Å². The lowest BCUT2D eigenvalue weighted by molar-refractivity contribution is 0.183. The van der Waals surface area contributed by atoms with Crippen LogP contribution in [0.4, 0.5) is 0 Å². The molecule has 1 saturated carbocycles. The zero-order valence-electron chi connectivity index (χ0n) is 13.5. The molecule has 1 aromatic heterocycles. The summed E-state index contributed by atoms with van der Waals surface area (Å²) in [7, 11) is 3.53. The van der Waals surface area contributed by atoms with Gasteiger partial charge < -0.3 is 14.4 Å². The number of benzene rings is 1. The van der Waals surface area contributed by atoms with Crippen LogP contribution >= 0.6 is 12.2 Å². The van der Waals surface area contributed by atoms with Crippen LogP contribution in [0, 0.1) is 4.77 Å². The lowest BCUT2D eigenvalue weighted by Crippen LogP contribution is -2.29. The Kier molecular flexibility index (Phi) is 4.79. The molecule has 0 unspecified atom stereocenters. The highest BCUT2D eigenvalue weighted by Crippen LogP contribution is 2.30. The topological polar surface area (TPSA) is 55.4 Å². The van der Waals surface area contributed by atoms with Crippen LogP contribution in [0.2, 0.25) is 0 Å². The Morgan fingerprint density at radius 1 is 1.39 bits per heavy atom. The Hall–Kier alpha value is -1.70. The molecule has 0 saturated heterocycles. The highest BCUT2D eigenvalue weighted by molar-refractivity contribution is 7.71. The Bertz CT molecular complexity index is 736. The van der Waals surface area contributed by atoms with Crippen LogP contribution in [0.25, 0.3) is 0 Å². The first-order valence-electron chi connectivity index (χ1n) is 7.73. The molecule has 1 fully saturated rings. The number of para-hydroxylation sites is 1. The van der Waals surface area contributed by atoms with Gasteiger partial charge in [0.1, 0.15) is 12.4 Å². The lowest BCUT2D eigenvalue weighted by Gasteiger charge is -2.22. The van der Waals surface area contributed by atoms with Gasteiger partial charge >= 0.3 is 0 Å². The number of aliphatic hydroxyl groups excluding tert-OH is 1. The average Bonchev–Trinajstić information content (AvgIpc) is 3.38. The summed E-state index contributed by atoms with van der Waals surface area (Å²) in [5.41, 5.74) is 1.16. The van der Waals surface area contributed by atoms with E-state index in [2.05, 4.69) is 16.1 Å². The van der Waals surface area contributed by atoms with E-state index >= 15 is 0 Å². The van der Waals surface area contributed by atoms with Crippen LogP contribution in [0.5, 0.6) is 5.75 Å². The van der Waals surface area contributed by atoms with Crippen LogP contribution in [-0.2, 0) is 26.9 Å². The van der Waals surface area contributed by atoms with Crippen molar-refractivity contribution in [2.45, 2.75) is 38.7 Å². The fraction of sp³-hybridized carbons (Fsp3) is 0.500. The van der Waals surface area contributed by atoms with Gasteiger partial charge in [0.05, 0.1) is 13.8 Å². The van der Waals surface area contributed by atoms with Gasteiger partial charge in [-0.2, -0.15) is 5.10 Å². The third-order valence-corrected chi connectivity index (χ3v) is 4.70. The minimum Gasteiger partial charge on any atom is -0.496 e. The summed E-state index contributed by atoms with van der Waals surface area (Å²) >= 11 is 5.42. The van der Waals surface area contributed by atoms with Crippen molar-refractivity contribution in [3.8, 4) is 5.75 Å². The van der Waals surface area contributed by atoms with Crippen molar-refractivity contribution in [1.29, 1.82) is 0 Å². The van der Waals surface area contributed by atoms with Gasteiger partial charge in [-0.3, -0.25) is 4.90 Å². The quantitative estimate of drug-likeness (QED) is 0.786. The molecule has 1 aromatic carbocycles. The van der Waals surface area contributed by atoms with E-state index in [1.165, 1.54) is 12.8 Å². The van der Waals surface area contributed by atoms with Gasteiger partial charge in [-0.05, 0) is 31.1 Å². The van der Waals surface area contributed by atoms with E-state index in [1.807, 2.05) is 25.2 Å². The van der Waals surface area contributed by atoms with E-state index in [-0.39, 0.29) is 6.61 Å². The fourth-order valence-electron chi connectivity index (χ4n) is 2.72. The summed E-state index contributed by atoms with van der Waals surface area (Å²) < 4.78 is 9.62. The highest BCUT2D eigenvalue weighted by Gasteiger charge is 2.30. The predicted octanol–water partition coefficient (Wildman–Crippen LogP) is 2.07. The van der Waals surface area contributed by atoms with Crippen molar-refractivity contribution >= 4 is 12.2 Å². The minimum absolute atomic E-state index is 0.108. The number of methoxy groups -OCH3 is 1. The van der Waals surface area contributed by atoms with Crippen LogP contribution < -0.4 is 4.74 Å². The number of rotatable bonds is 7. The number of ether oxygens (including phenoxy) is 1. The maximum atomic E-state index is 9.34. The SMILES string of the molecule is COc1ccccc1CN(Cn1nc(CO)n(C)c1=S)C1CC1. The summed E-state index contributed by atoms with van der Waals surface area (Å²) in [5, 5.41) is 13.8. The Balaban J connectivity index is 1.82. The molecule has 7 heteroatoms. The van der Waals surface area contributed by atoms with Crippen molar-refractivity contribution in [1.82, 2.24) is 19.2 Å². The first kappa shape index (κ1) is 16.2. The summed E-state index contributed by atoms with van der Waals surface area (Å²) in [6.07, 6.45) is 2.39. The van der Waals surface area contributed by atoms with Crippen molar-refractivity contribution in [3.63, 3.8) is 0 Å². The van der Waals surface area contributed by atoms with E-state index in [0.29, 0.717) is 23.3 Å². The standard InChI is InChI=1S/C16H22N4O2S/c1-18-15(10-21)17-20(16(18)23)11-19(13-7-8-13)9-12-5-3-4-6-14(12)22-2/h3-6,13,21H,7-11H2,1-2H3. The third-order valence-electron chi connectivity index (χ3n) is 4.22. The molecule has 2 aromatic rings. The molecule has 0 aliphatic heterocycles. The summed E-state index contributed by atoms with van der Waals surface area (Å²) in [4.78, 5) is 2.36. The number of nitrogens with zero attached hydrogens (tertiary/aromatic N) is 4. The largest absolute Gasteiger partial charge is 0.496 e. The number of hydrogen-bond acceptors (Lipinski definition) is 5. The average molecular weight is 334 g/mol. The second kappa shape index (κ2) is 6.82. The number of hydrogen-bond donors (Lipinski definition) is 1. The molecule has 3 rings (SSSR count). The molecule has 0 spiro atoms. The minimum atomic E-state index is -0.108. The molecule has 0 radical (unpaired) electrons. The zero-order chi connectivity index (χ0) is 16.4. The molecule has 1 N–H and O–H groups in total. The van der Waals surface area contributed by atoms with E-state index in [9.17, 15) is 5.11 Å². The molecule has 6 nitrogen and oxygen atoms in total. The normalized spacial score (nSPS) is 14.4. The predicted molar refractivity (Wildman–Crippen MR) is 89.5 cm³/mol. The summed E-state index contributed by atoms with van der Waals surface area (Å²) in [5.74, 6) is 1.49. The summed E-state index contributed by atoms with van der Waals surface area (Å²) in [6.45, 7) is 1.31. The molecular weight excluding hydrogens is 312 g/mol. The molecular formula is C16H22N4O2S. The van der Waals surface area contributed by atoms with Gasteiger partial charge in [0.25, 0.3) is 0 Å². The molecule has 23 heavy (non-hydrogen) atoms. The molecule has 0 amide bonds. The van der Waals surface area contributed by atoms with Crippen LogP contribution in [-0.4, -0.2) is 37.5 Å². The van der Waals surface area contributed by atoms with Gasteiger partial charge in [-0.15, -0.1) is 0 Å². The van der Waals surface area contributed by atoms with Gasteiger partial charge in [-0.1, -0.05) is 18.2 Å². The van der Waals surface area contributed by atoms with E-state index in [1.54, 1.807) is 16.4 Å². The molecule has 1 aliphatic carbocycles. The second-order valence-electron chi connectivity index (χ2n) is 5.85. The van der Waals surface area contributed by atoms with Crippen LogP contribution in [0.3, 0.4) is 0 Å². The maximum Gasteiger partial charge on any atom is 0.198 e. The van der Waals surface area contributed by atoms with Crippen LogP contribution in [0.1, 0.15) is 24.2 Å². The third kappa shape index (κ3) is 3.46. The maximum absolute atomic E-state index is 9.34. The highest BCUT2D eigenvalue weighted by atomic mass is 32.1. The van der Waals surface area contributed by atoms with Gasteiger partial charge in [0, 0.05) is 25.2 Å². The van der Waals surface area contributed by atoms with Crippen LogP contribution in [0.15, 0.2) is 24.3 Å². The van der Waals surface area contributed by atoms with E-state index < -0.39 is 0 Å². The van der Waals surface area contributed by atoms with E-state index in [0.717, 1.165) is 17.9 Å². The van der Waals surface area contributed by atoms with Crippen molar-refractivity contribution < 1.29 is 9.84 Å². The fourth-order valence-corrected chi connectivity index (χ4v) is 2.93. The number of aliphatic hydroxyl groups is 1. The number of aromatic nitrogens is 3. The van der Waals surface area contributed by atoms with Crippen molar-refractivity contribution in [3.05, 3.63) is 40.4 Å². The molecule has 124 valence electrons. The lowest BCUT2D eigenvalue weighted by atomic mass is 10.2. The first-order chi connectivity index (χ1) is 11.1. The van der Waals surface area contributed by atoms with Crippen molar-refractivity contribution in [2.75, 3.05) is 7.11 Å². The monoisotopic (exact) mass is 334 g/mol. The first-order valence-corrected chi connectivity index (χ1v) is 8.14. The Labute approximate surface area is 140 Å². The molecule has 1 heterocycles. The summed E-state index contributed by atoms with van der Waals surface area (Å²) in [6, 6.07) is 8.63. The van der Waals surface area contributed by atoms with Gasteiger partial charge in [0.15, 0.2) is 10.6 Å². The molecule has 0 bridgehead atoms. The van der Waals surface area contributed by atoms with Gasteiger partial charge in [0.2, 0.25) is 0 Å². The Morgan fingerprint density at radius 3 is 2.74 bits per heavy atom. The second-order valence-corrected chi connectivity index (χ2v) is 6.21. The van der Waals surface area contributed by atoms with Gasteiger partial charge in [-0.25, -0.2) is 4.68 Å². The Morgan fingerprint density at radius 2 is 2.13 bits per heavy atom.